The number of halogens is 2. The summed E-state index contributed by atoms with van der Waals surface area (Å²) < 4.78 is 47.1. The molecular formula is C19H15BrFNO5S. The summed E-state index contributed by atoms with van der Waals surface area (Å²) in [7, 11) is -1.49. The quantitative estimate of drug-likeness (QED) is 0.452. The van der Waals surface area contributed by atoms with Gasteiger partial charge < -0.3 is 9.47 Å². The number of nitrogens with zero attached hydrogens (tertiary/aromatic N) is 1. The van der Waals surface area contributed by atoms with Gasteiger partial charge in [0, 0.05) is 11.6 Å². The Balaban J connectivity index is 2.16. The third-order valence-corrected chi connectivity index (χ3v) is 5.41. The minimum Gasteiger partial charge on any atom is -0.469 e. The summed E-state index contributed by atoms with van der Waals surface area (Å²) in [5.41, 5.74) is 1.28. The summed E-state index contributed by atoms with van der Waals surface area (Å²) in [6.07, 6.45) is 1.19. The zero-order chi connectivity index (χ0) is 20.4. The van der Waals surface area contributed by atoms with Crippen LogP contribution in [-0.4, -0.2) is 26.5 Å². The van der Waals surface area contributed by atoms with Crippen molar-refractivity contribution in [3.8, 4) is 11.6 Å². The summed E-state index contributed by atoms with van der Waals surface area (Å²) in [5, 5.41) is 1.18. The molecule has 0 aliphatic heterocycles. The van der Waals surface area contributed by atoms with E-state index in [4.69, 9.17) is 9.47 Å². The van der Waals surface area contributed by atoms with Crippen molar-refractivity contribution in [3.05, 3.63) is 57.9 Å². The molecule has 1 aromatic heterocycles. The molecule has 0 aliphatic rings. The molecule has 0 unspecified atom stereocenters. The van der Waals surface area contributed by atoms with Crippen LogP contribution in [0.25, 0.3) is 10.8 Å². The Bertz CT molecular complexity index is 1150. The third-order valence-electron chi connectivity index (χ3n) is 4.18. The molecule has 0 N–H and O–H groups in total. The fourth-order valence-electron chi connectivity index (χ4n) is 2.72. The first-order chi connectivity index (χ1) is 13.3. The van der Waals surface area contributed by atoms with Crippen LogP contribution in [0.1, 0.15) is 11.1 Å². The summed E-state index contributed by atoms with van der Waals surface area (Å²) in [6.45, 7) is 1.74. The van der Waals surface area contributed by atoms with E-state index >= 15 is 0 Å². The Hall–Kier alpha value is -2.52. The van der Waals surface area contributed by atoms with E-state index in [0.717, 1.165) is 0 Å². The monoisotopic (exact) mass is 467 g/mol. The van der Waals surface area contributed by atoms with E-state index in [1.54, 1.807) is 19.1 Å². The highest BCUT2D eigenvalue weighted by Gasteiger charge is 2.17. The number of esters is 1. The first-order valence-electron chi connectivity index (χ1n) is 8.06. The molecule has 0 saturated carbocycles. The van der Waals surface area contributed by atoms with Gasteiger partial charge in [0.15, 0.2) is 10.7 Å². The molecule has 3 aromatic rings. The summed E-state index contributed by atoms with van der Waals surface area (Å²) in [5.74, 6) is -0.422. The number of carbonyl (C=O) groups is 1. The van der Waals surface area contributed by atoms with Crippen LogP contribution in [0.2, 0.25) is 0 Å². The number of carbonyl (C=O) groups excluding carboxylic acids is 1. The average Bonchev–Trinajstić information content (AvgIpc) is 2.66. The second-order valence-electron chi connectivity index (χ2n) is 5.95. The van der Waals surface area contributed by atoms with E-state index in [1.807, 2.05) is 0 Å². The number of fused-ring (bicyclic) bond motifs is 1. The van der Waals surface area contributed by atoms with E-state index in [0.29, 0.717) is 32.1 Å². The van der Waals surface area contributed by atoms with Crippen molar-refractivity contribution in [1.82, 2.24) is 4.98 Å². The minimum atomic E-state index is -2.79. The molecule has 0 aliphatic carbocycles. The van der Waals surface area contributed by atoms with Gasteiger partial charge in [0.25, 0.3) is 0 Å². The van der Waals surface area contributed by atoms with Crippen LogP contribution in [0.4, 0.5) is 4.39 Å². The zero-order valence-electron chi connectivity index (χ0n) is 14.9. The highest BCUT2D eigenvalue weighted by atomic mass is 79.9. The summed E-state index contributed by atoms with van der Waals surface area (Å²) in [4.78, 5) is 15.8. The number of methoxy groups -OCH3 is 1. The molecule has 0 bridgehead atoms. The molecule has 0 amide bonds. The standard InChI is InChI=1S/C19H15BrFNO5S/c1-10-12(6-17(23)26-2)5-11-3-4-13(21)7-15(11)18(10)27-19-16(20)8-14(9-22-19)28(24)25/h3-5,7-9,28H,6H2,1-2H3. The molecule has 6 nitrogen and oxygen atoms in total. The third kappa shape index (κ3) is 4.15. The lowest BCUT2D eigenvalue weighted by Crippen LogP contribution is -2.07. The van der Waals surface area contributed by atoms with Gasteiger partial charge in [-0.25, -0.2) is 17.8 Å². The Morgan fingerprint density at radius 2 is 2.00 bits per heavy atom. The zero-order valence-corrected chi connectivity index (χ0v) is 17.3. The van der Waals surface area contributed by atoms with Gasteiger partial charge in [0.1, 0.15) is 11.6 Å². The topological polar surface area (TPSA) is 82.6 Å². The van der Waals surface area contributed by atoms with Gasteiger partial charge >= 0.3 is 5.97 Å². The maximum Gasteiger partial charge on any atom is 0.309 e. The number of benzene rings is 2. The lowest BCUT2D eigenvalue weighted by Gasteiger charge is -2.16. The van der Waals surface area contributed by atoms with Gasteiger partial charge in [-0.1, -0.05) is 12.1 Å². The van der Waals surface area contributed by atoms with Crippen molar-refractivity contribution in [1.29, 1.82) is 0 Å². The number of aromatic nitrogens is 1. The van der Waals surface area contributed by atoms with Crippen LogP contribution in [-0.2, 0) is 26.7 Å². The molecular weight excluding hydrogens is 453 g/mol. The Kier molecular flexibility index (Phi) is 5.95. The van der Waals surface area contributed by atoms with Gasteiger partial charge in [0.05, 0.1) is 22.9 Å². The van der Waals surface area contributed by atoms with E-state index in [1.165, 1.54) is 31.5 Å². The lowest BCUT2D eigenvalue weighted by atomic mass is 9.98. The molecule has 2 aromatic carbocycles. The fourth-order valence-corrected chi connectivity index (χ4v) is 3.72. The Morgan fingerprint density at radius 1 is 1.25 bits per heavy atom. The highest BCUT2D eigenvalue weighted by Crippen LogP contribution is 2.38. The first kappa shape index (κ1) is 20.2. The van der Waals surface area contributed by atoms with Gasteiger partial charge in [-0.15, -0.1) is 0 Å². The highest BCUT2D eigenvalue weighted by molar-refractivity contribution is 9.10. The second kappa shape index (κ2) is 8.24. The molecule has 3 rings (SSSR count). The van der Waals surface area contributed by atoms with Gasteiger partial charge in [-0.2, -0.15) is 0 Å². The van der Waals surface area contributed by atoms with Crippen LogP contribution < -0.4 is 4.74 Å². The van der Waals surface area contributed by atoms with Crippen LogP contribution in [0.3, 0.4) is 0 Å². The van der Waals surface area contributed by atoms with Crippen LogP contribution in [0, 0.1) is 12.7 Å². The van der Waals surface area contributed by atoms with Crippen LogP contribution in [0.5, 0.6) is 11.6 Å². The molecule has 9 heteroatoms. The van der Waals surface area contributed by atoms with Crippen molar-refractivity contribution in [2.75, 3.05) is 7.11 Å². The second-order valence-corrected chi connectivity index (χ2v) is 7.83. The number of pyridine rings is 1. The number of hydrogen-bond acceptors (Lipinski definition) is 6. The number of thiol groups is 1. The van der Waals surface area contributed by atoms with Crippen LogP contribution >= 0.6 is 15.9 Å². The van der Waals surface area contributed by atoms with Crippen molar-refractivity contribution >= 4 is 43.4 Å². The maximum absolute atomic E-state index is 13.9. The molecule has 0 atom stereocenters. The molecule has 0 saturated heterocycles. The SMILES string of the molecule is COC(=O)Cc1cc2ccc(F)cc2c(Oc2ncc([SH](=O)=O)cc2Br)c1C. The smallest absolute Gasteiger partial charge is 0.309 e. The van der Waals surface area contributed by atoms with Gasteiger partial charge in [-0.05, 0) is 57.6 Å². The van der Waals surface area contributed by atoms with Crippen molar-refractivity contribution in [2.24, 2.45) is 0 Å². The van der Waals surface area contributed by atoms with Gasteiger partial charge in [-0.3, -0.25) is 4.79 Å². The minimum absolute atomic E-state index is 0.0240. The lowest BCUT2D eigenvalue weighted by molar-refractivity contribution is -0.139. The molecule has 0 spiro atoms. The fraction of sp³-hybridized carbons (Fsp3) is 0.158. The molecule has 146 valence electrons. The Labute approximate surface area is 170 Å². The number of hydrogen-bond donors (Lipinski definition) is 1. The Morgan fingerprint density at radius 3 is 2.64 bits per heavy atom. The summed E-state index contributed by atoms with van der Waals surface area (Å²) >= 11 is 3.24. The molecule has 28 heavy (non-hydrogen) atoms. The van der Waals surface area contributed by atoms with Crippen molar-refractivity contribution in [3.63, 3.8) is 0 Å². The summed E-state index contributed by atoms with van der Waals surface area (Å²) in [6, 6.07) is 7.38. The number of rotatable bonds is 5. The molecule has 0 fully saturated rings. The largest absolute Gasteiger partial charge is 0.469 e. The van der Waals surface area contributed by atoms with E-state index in [-0.39, 0.29) is 17.2 Å². The van der Waals surface area contributed by atoms with E-state index in [9.17, 15) is 17.6 Å². The average molecular weight is 468 g/mol. The van der Waals surface area contributed by atoms with Gasteiger partial charge in [0.2, 0.25) is 5.88 Å². The van der Waals surface area contributed by atoms with Crippen LogP contribution in [0.15, 0.2) is 45.9 Å². The predicted molar refractivity (Wildman–Crippen MR) is 105 cm³/mol. The predicted octanol–water partition coefficient (Wildman–Crippen LogP) is 3.92. The normalized spacial score (nSPS) is 11.0. The van der Waals surface area contributed by atoms with E-state index in [2.05, 4.69) is 20.9 Å². The number of ether oxygens (including phenoxy) is 2. The van der Waals surface area contributed by atoms with Crippen molar-refractivity contribution < 1.29 is 27.1 Å². The molecule has 0 radical (unpaired) electrons. The first-order valence-corrected chi connectivity index (χ1v) is 10.0. The van der Waals surface area contributed by atoms with Crippen molar-refractivity contribution in [2.45, 2.75) is 18.2 Å². The molecule has 1 heterocycles. The maximum atomic E-state index is 13.9. The van der Waals surface area contributed by atoms with E-state index < -0.39 is 22.5 Å².